The third-order valence-electron chi connectivity index (χ3n) is 13.8. The van der Waals surface area contributed by atoms with Crippen molar-refractivity contribution in [3.63, 3.8) is 0 Å². The molecule has 0 aliphatic heterocycles. The summed E-state index contributed by atoms with van der Waals surface area (Å²) in [4.78, 5) is 44.0. The molecule has 0 radical (unpaired) electrons. The summed E-state index contributed by atoms with van der Waals surface area (Å²) in [5, 5.41) is 0. The van der Waals surface area contributed by atoms with Crippen molar-refractivity contribution >= 4 is 18.1 Å². The fourth-order valence-corrected chi connectivity index (χ4v) is 9.09. The molecule has 0 saturated carbocycles. The number of ether oxygens (including phenoxy) is 4. The van der Waals surface area contributed by atoms with E-state index >= 15 is 0 Å². The number of rotatable bonds is 51. The van der Waals surface area contributed by atoms with E-state index in [9.17, 15) is 14.4 Å². The van der Waals surface area contributed by atoms with E-state index in [1.54, 1.807) is 0 Å². The number of hydrogen-bond donors (Lipinski definition) is 0. The van der Waals surface area contributed by atoms with Crippen LogP contribution in [0.2, 0.25) is 0 Å². The van der Waals surface area contributed by atoms with E-state index in [1.165, 1.54) is 109 Å². The van der Waals surface area contributed by atoms with Gasteiger partial charge in [0.25, 0.3) is 0 Å². The SMILES string of the molecule is CCCCCCCCCC(CCCCCC)C(=O)OCCCCCCC(CCCCCCOC(=O)C(CCCCCC)CCCCCCCC)OC(=O)OCCN(CC)CCN(CC)CC. The number of esters is 2. The molecule has 0 N–H and O–H groups in total. The van der Waals surface area contributed by atoms with E-state index in [1.807, 2.05) is 0 Å². The molecule has 0 heterocycles. The summed E-state index contributed by atoms with van der Waals surface area (Å²) in [6, 6.07) is 0. The lowest BCUT2D eigenvalue weighted by atomic mass is 9.94. The van der Waals surface area contributed by atoms with Crippen molar-refractivity contribution < 1.29 is 33.3 Å². The first kappa shape index (κ1) is 64.1. The first-order valence-corrected chi connectivity index (χ1v) is 28.9. The molecule has 0 aromatic carbocycles. The summed E-state index contributed by atoms with van der Waals surface area (Å²) < 4.78 is 23.3. The summed E-state index contributed by atoms with van der Waals surface area (Å²) in [5.74, 6) is 0.108. The van der Waals surface area contributed by atoms with Crippen LogP contribution in [0.4, 0.5) is 4.79 Å². The molecular formula is C57H112N2O7. The first-order valence-electron chi connectivity index (χ1n) is 28.9. The Morgan fingerprint density at radius 1 is 0.333 bits per heavy atom. The highest BCUT2D eigenvalue weighted by Gasteiger charge is 2.21. The third-order valence-corrected chi connectivity index (χ3v) is 13.8. The maximum absolute atomic E-state index is 13.2. The summed E-state index contributed by atoms with van der Waals surface area (Å²) in [6.07, 6.45) is 38.1. The smallest absolute Gasteiger partial charge is 0.465 e. The molecule has 0 amide bonds. The number of likely N-dealkylation sites (N-methyl/N-ethyl adjacent to an activating group) is 2. The first-order chi connectivity index (χ1) is 32.3. The second-order valence-corrected chi connectivity index (χ2v) is 19.6. The largest absolute Gasteiger partial charge is 0.508 e. The maximum atomic E-state index is 13.2. The molecule has 0 saturated heterocycles. The minimum Gasteiger partial charge on any atom is -0.465 e. The van der Waals surface area contributed by atoms with Gasteiger partial charge in [0.1, 0.15) is 12.7 Å². The number of nitrogens with zero attached hydrogens (tertiary/aromatic N) is 2. The van der Waals surface area contributed by atoms with Crippen LogP contribution in [0.1, 0.15) is 273 Å². The number of hydrogen-bond acceptors (Lipinski definition) is 9. The maximum Gasteiger partial charge on any atom is 0.508 e. The Kier molecular flexibility index (Phi) is 48.1. The van der Waals surface area contributed by atoms with Crippen molar-refractivity contribution in [3.8, 4) is 0 Å². The second kappa shape index (κ2) is 49.5. The van der Waals surface area contributed by atoms with Crippen LogP contribution >= 0.6 is 0 Å². The molecule has 0 aliphatic carbocycles. The summed E-state index contributed by atoms with van der Waals surface area (Å²) in [7, 11) is 0. The molecule has 0 fully saturated rings. The summed E-state index contributed by atoms with van der Waals surface area (Å²) in [6.45, 7) is 22.5. The van der Waals surface area contributed by atoms with Gasteiger partial charge in [0.15, 0.2) is 0 Å². The van der Waals surface area contributed by atoms with Gasteiger partial charge >= 0.3 is 18.1 Å². The lowest BCUT2D eigenvalue weighted by Crippen LogP contribution is -2.37. The van der Waals surface area contributed by atoms with Gasteiger partial charge in [-0.05, 0) is 83.8 Å². The van der Waals surface area contributed by atoms with Gasteiger partial charge < -0.3 is 23.8 Å². The number of carbonyl (C=O) groups is 3. The van der Waals surface area contributed by atoms with Crippen LogP contribution in [0.15, 0.2) is 0 Å². The van der Waals surface area contributed by atoms with Gasteiger partial charge in [-0.3, -0.25) is 14.5 Å². The van der Waals surface area contributed by atoms with Crippen molar-refractivity contribution in [3.05, 3.63) is 0 Å². The van der Waals surface area contributed by atoms with Gasteiger partial charge in [-0.15, -0.1) is 0 Å². The highest BCUT2D eigenvalue weighted by Crippen LogP contribution is 2.23. The van der Waals surface area contributed by atoms with Gasteiger partial charge in [-0.25, -0.2) is 4.79 Å². The Morgan fingerprint density at radius 2 is 0.652 bits per heavy atom. The Labute approximate surface area is 410 Å². The lowest BCUT2D eigenvalue weighted by molar-refractivity contribution is -0.150. The van der Waals surface area contributed by atoms with E-state index in [4.69, 9.17) is 18.9 Å². The van der Waals surface area contributed by atoms with Crippen LogP contribution in [0, 0.1) is 11.8 Å². The van der Waals surface area contributed by atoms with Crippen LogP contribution in [0.25, 0.3) is 0 Å². The Hall–Kier alpha value is -1.87. The molecule has 3 unspecified atom stereocenters. The molecule has 3 atom stereocenters. The van der Waals surface area contributed by atoms with Crippen molar-refractivity contribution in [1.82, 2.24) is 9.80 Å². The van der Waals surface area contributed by atoms with E-state index < -0.39 is 6.16 Å². The third kappa shape index (κ3) is 40.1. The van der Waals surface area contributed by atoms with Gasteiger partial charge in [0.05, 0.1) is 25.0 Å². The molecule has 392 valence electrons. The van der Waals surface area contributed by atoms with Crippen molar-refractivity contribution in [2.24, 2.45) is 11.8 Å². The average molecular weight is 938 g/mol. The normalized spacial score (nSPS) is 13.0. The summed E-state index contributed by atoms with van der Waals surface area (Å²) >= 11 is 0. The fraction of sp³-hybridized carbons (Fsp3) is 0.947. The predicted molar refractivity (Wildman–Crippen MR) is 279 cm³/mol. The Balaban J connectivity index is 4.98. The lowest BCUT2D eigenvalue weighted by Gasteiger charge is -2.25. The fourth-order valence-electron chi connectivity index (χ4n) is 9.09. The van der Waals surface area contributed by atoms with Crippen LogP contribution in [0.5, 0.6) is 0 Å². The highest BCUT2D eigenvalue weighted by molar-refractivity contribution is 5.72. The average Bonchev–Trinajstić information content (AvgIpc) is 3.32. The number of carbonyl (C=O) groups excluding carboxylic acids is 3. The zero-order valence-corrected chi connectivity index (χ0v) is 45.1. The standard InChI is InChI=1S/C57H112N2O7/c1-8-15-19-23-25-27-35-43-53(41-33-22-18-11-4)56(61)64-50-39-31-29-37-45-54(66-57(62)65-51-48-59(14-7)47-46-58(12-5)13-6)44-36-28-30-38-49-63-55(60)52(40-32-21-17-10-3)42-34-26-24-20-16-9-2/h52-54H,8-51H2,1-7H3. The van der Waals surface area contributed by atoms with Gasteiger partial charge in [-0.1, -0.05) is 209 Å². The van der Waals surface area contributed by atoms with E-state index in [0.717, 1.165) is 148 Å². The minimum absolute atomic E-state index is 0.0111. The quantitative estimate of drug-likeness (QED) is 0.0336. The molecule has 0 aliphatic rings. The van der Waals surface area contributed by atoms with E-state index in [-0.39, 0.29) is 29.9 Å². The summed E-state index contributed by atoms with van der Waals surface area (Å²) in [5.41, 5.74) is 0. The monoisotopic (exact) mass is 937 g/mol. The highest BCUT2D eigenvalue weighted by atomic mass is 16.7. The van der Waals surface area contributed by atoms with Crippen molar-refractivity contribution in [2.45, 2.75) is 279 Å². The zero-order chi connectivity index (χ0) is 48.6. The van der Waals surface area contributed by atoms with Gasteiger partial charge in [0.2, 0.25) is 0 Å². The second-order valence-electron chi connectivity index (χ2n) is 19.6. The topological polar surface area (TPSA) is 94.6 Å². The molecule has 9 nitrogen and oxygen atoms in total. The molecule has 0 spiro atoms. The van der Waals surface area contributed by atoms with Crippen LogP contribution in [0.3, 0.4) is 0 Å². The molecule has 0 aromatic heterocycles. The van der Waals surface area contributed by atoms with Crippen LogP contribution in [-0.4, -0.2) is 93.1 Å². The van der Waals surface area contributed by atoms with Crippen molar-refractivity contribution in [1.29, 1.82) is 0 Å². The van der Waals surface area contributed by atoms with Gasteiger partial charge in [0, 0.05) is 19.6 Å². The molecule has 0 rings (SSSR count). The Morgan fingerprint density at radius 3 is 1.03 bits per heavy atom. The molecule has 66 heavy (non-hydrogen) atoms. The molecule has 0 bridgehead atoms. The molecule has 9 heteroatoms. The van der Waals surface area contributed by atoms with Crippen molar-refractivity contribution in [2.75, 3.05) is 59.1 Å². The van der Waals surface area contributed by atoms with E-state index in [2.05, 4.69) is 58.3 Å². The minimum atomic E-state index is -0.565. The zero-order valence-electron chi connectivity index (χ0n) is 45.1. The van der Waals surface area contributed by atoms with Gasteiger partial charge in [-0.2, -0.15) is 0 Å². The number of unbranched alkanes of at least 4 members (excludes halogenated alkanes) is 23. The van der Waals surface area contributed by atoms with E-state index in [0.29, 0.717) is 26.4 Å². The molecular weight excluding hydrogens is 825 g/mol. The van der Waals surface area contributed by atoms with Crippen LogP contribution in [-0.2, 0) is 28.5 Å². The Bertz CT molecular complexity index is 1060. The molecule has 0 aromatic rings. The van der Waals surface area contributed by atoms with Crippen LogP contribution < -0.4 is 0 Å². The predicted octanol–water partition coefficient (Wildman–Crippen LogP) is 16.2.